The minimum Gasteiger partial charge on any atom is -0.392 e. The number of hydroxylamine groups is 1. The van der Waals surface area contributed by atoms with E-state index in [2.05, 4.69) is 22.3 Å². The number of nitrogens with one attached hydrogen (secondary N) is 2. The number of hydrogen-bond acceptors (Lipinski definition) is 6. The molecule has 3 rings (SSSR count). The highest BCUT2D eigenvalue weighted by Gasteiger charge is 2.16. The Kier molecular flexibility index (Phi) is 6.07. The van der Waals surface area contributed by atoms with Crippen molar-refractivity contribution < 1.29 is 9.23 Å². The first-order chi connectivity index (χ1) is 14.2. The molecule has 3 aromatic rings. The maximum Gasteiger partial charge on any atom is 0.258 e. The first kappa shape index (κ1) is 21.3. The highest BCUT2D eigenvalue weighted by molar-refractivity contribution is 5.86. The predicted octanol–water partition coefficient (Wildman–Crippen LogP) is 4.30. The minimum atomic E-state index is -0.453. The summed E-state index contributed by atoms with van der Waals surface area (Å²) in [4.78, 5) is 23.0. The monoisotopic (exact) mass is 411 g/mol. The number of hydrazine groups is 1. The molecule has 0 aliphatic rings. The number of anilines is 2. The molecule has 2 heterocycles. The van der Waals surface area contributed by atoms with Gasteiger partial charge in [0.25, 0.3) is 5.56 Å². The number of nitrogens with zero attached hydrogens (tertiary/aromatic N) is 3. The molecule has 30 heavy (non-hydrogen) atoms. The maximum atomic E-state index is 14.6. The molecule has 7 nitrogen and oxygen atoms in total. The number of rotatable bonds is 7. The smallest absolute Gasteiger partial charge is 0.258 e. The van der Waals surface area contributed by atoms with Crippen molar-refractivity contribution >= 4 is 22.4 Å². The van der Waals surface area contributed by atoms with Crippen LogP contribution in [0.4, 0.5) is 15.9 Å². The van der Waals surface area contributed by atoms with E-state index in [1.807, 2.05) is 13.0 Å². The van der Waals surface area contributed by atoms with E-state index < -0.39 is 5.82 Å². The van der Waals surface area contributed by atoms with Crippen molar-refractivity contribution in [3.63, 3.8) is 0 Å². The van der Waals surface area contributed by atoms with Gasteiger partial charge in [0.15, 0.2) is 0 Å². The quantitative estimate of drug-likeness (QED) is 0.446. The first-order valence-corrected chi connectivity index (χ1v) is 9.60. The van der Waals surface area contributed by atoms with E-state index in [1.54, 1.807) is 50.8 Å². The van der Waals surface area contributed by atoms with Crippen LogP contribution in [0.5, 0.6) is 0 Å². The lowest BCUT2D eigenvalue weighted by Gasteiger charge is -2.21. The molecule has 0 unspecified atom stereocenters. The van der Waals surface area contributed by atoms with E-state index in [4.69, 9.17) is 4.84 Å². The molecule has 0 aliphatic heterocycles. The Morgan fingerprint density at radius 1 is 1.30 bits per heavy atom. The van der Waals surface area contributed by atoms with Gasteiger partial charge in [-0.25, -0.2) is 9.37 Å². The second-order valence-electron chi connectivity index (χ2n) is 7.04. The summed E-state index contributed by atoms with van der Waals surface area (Å²) in [6, 6.07) is 6.66. The molecule has 0 saturated carbocycles. The first-order valence-electron chi connectivity index (χ1n) is 9.60. The van der Waals surface area contributed by atoms with E-state index in [0.717, 1.165) is 10.9 Å². The van der Waals surface area contributed by atoms with Crippen LogP contribution in [0.15, 0.2) is 47.6 Å². The van der Waals surface area contributed by atoms with Crippen LogP contribution in [-0.4, -0.2) is 28.8 Å². The zero-order valence-electron chi connectivity index (χ0n) is 17.8. The molecule has 0 atom stereocenters. The molecule has 158 valence electrons. The van der Waals surface area contributed by atoms with Gasteiger partial charge in [-0.05, 0) is 50.1 Å². The molecule has 2 aromatic heterocycles. The van der Waals surface area contributed by atoms with Crippen molar-refractivity contribution in [3.05, 3.63) is 64.5 Å². The van der Waals surface area contributed by atoms with Gasteiger partial charge in [0, 0.05) is 43.9 Å². The Labute approximate surface area is 174 Å². The number of allylic oxidation sites excluding steroid dienone is 1. The van der Waals surface area contributed by atoms with Gasteiger partial charge in [0.2, 0.25) is 0 Å². The summed E-state index contributed by atoms with van der Waals surface area (Å²) in [5, 5.41) is 5.07. The third-order valence-corrected chi connectivity index (χ3v) is 4.73. The Morgan fingerprint density at radius 2 is 2.03 bits per heavy atom. The standard InChI is InChI=1S/C22H26FN5O2/c1-7-28-20-11-21(24-5)25-12-15(20)9-17(22(28)29)16-10-19(18(23)8-14(16)4)26-27(6)30-13(2)3/h8-12,26H,2,7H2,1,3-6H3,(H,24,25). The van der Waals surface area contributed by atoms with Crippen LogP contribution in [0.25, 0.3) is 22.0 Å². The minimum absolute atomic E-state index is 0.148. The van der Waals surface area contributed by atoms with Gasteiger partial charge in [-0.2, -0.15) is 0 Å². The van der Waals surface area contributed by atoms with Gasteiger partial charge in [0.1, 0.15) is 17.4 Å². The van der Waals surface area contributed by atoms with E-state index >= 15 is 0 Å². The SMILES string of the molecule is C=C(C)ON(C)Nc1cc(-c2cc3cnc(NC)cc3n(CC)c2=O)c(C)cc1F. The number of aromatic nitrogens is 2. The summed E-state index contributed by atoms with van der Waals surface area (Å²) in [6.07, 6.45) is 1.72. The molecular weight excluding hydrogens is 385 g/mol. The molecule has 2 N–H and O–H groups in total. The lowest BCUT2D eigenvalue weighted by molar-refractivity contribution is -0.0730. The summed E-state index contributed by atoms with van der Waals surface area (Å²) in [5.74, 6) is 0.679. The largest absolute Gasteiger partial charge is 0.392 e. The van der Waals surface area contributed by atoms with Crippen molar-refractivity contribution in [2.75, 3.05) is 24.8 Å². The molecule has 0 aliphatic carbocycles. The molecule has 8 heteroatoms. The number of pyridine rings is 2. The van der Waals surface area contributed by atoms with Gasteiger partial charge in [-0.1, -0.05) is 11.8 Å². The molecule has 0 spiro atoms. The highest BCUT2D eigenvalue weighted by Crippen LogP contribution is 2.29. The van der Waals surface area contributed by atoms with Crippen LogP contribution in [0.2, 0.25) is 0 Å². The van der Waals surface area contributed by atoms with Gasteiger partial charge >= 0.3 is 0 Å². The summed E-state index contributed by atoms with van der Waals surface area (Å²) < 4.78 is 16.3. The van der Waals surface area contributed by atoms with Gasteiger partial charge in [-0.15, -0.1) is 0 Å². The van der Waals surface area contributed by atoms with Crippen LogP contribution in [0.3, 0.4) is 0 Å². The fourth-order valence-electron chi connectivity index (χ4n) is 3.39. The summed E-state index contributed by atoms with van der Waals surface area (Å²) in [6.45, 7) is 9.53. The average molecular weight is 411 g/mol. The predicted molar refractivity (Wildman–Crippen MR) is 119 cm³/mol. The summed E-state index contributed by atoms with van der Waals surface area (Å²) in [7, 11) is 3.38. The molecule has 0 radical (unpaired) electrons. The average Bonchev–Trinajstić information content (AvgIpc) is 2.69. The van der Waals surface area contributed by atoms with E-state index in [-0.39, 0.29) is 11.2 Å². The fourth-order valence-corrected chi connectivity index (χ4v) is 3.39. The molecule has 0 fully saturated rings. The zero-order valence-corrected chi connectivity index (χ0v) is 17.8. The van der Waals surface area contributed by atoms with Gasteiger partial charge < -0.3 is 14.7 Å². The number of aryl methyl sites for hydroxylation is 2. The van der Waals surface area contributed by atoms with Crippen molar-refractivity contribution in [2.45, 2.75) is 27.3 Å². The van der Waals surface area contributed by atoms with Crippen molar-refractivity contribution in [1.82, 2.24) is 14.7 Å². The normalized spacial score (nSPS) is 11.0. The van der Waals surface area contributed by atoms with Crippen molar-refractivity contribution in [1.29, 1.82) is 0 Å². The number of hydrogen-bond donors (Lipinski definition) is 2. The Bertz CT molecular complexity index is 1170. The molecule has 1 aromatic carbocycles. The third-order valence-electron chi connectivity index (χ3n) is 4.73. The van der Waals surface area contributed by atoms with Gasteiger partial charge in [-0.3, -0.25) is 10.2 Å². The van der Waals surface area contributed by atoms with Gasteiger partial charge in [0.05, 0.1) is 11.2 Å². The molecule has 0 saturated heterocycles. The zero-order chi connectivity index (χ0) is 22.0. The highest BCUT2D eigenvalue weighted by atomic mass is 19.1. The van der Waals surface area contributed by atoms with E-state index in [9.17, 15) is 9.18 Å². The Morgan fingerprint density at radius 3 is 2.67 bits per heavy atom. The molecule has 0 bridgehead atoms. The van der Waals surface area contributed by atoms with E-state index in [1.165, 1.54) is 11.2 Å². The van der Waals surface area contributed by atoms with Crippen molar-refractivity contribution in [3.8, 4) is 11.1 Å². The maximum absolute atomic E-state index is 14.6. The summed E-state index contributed by atoms with van der Waals surface area (Å²) >= 11 is 0. The number of fused-ring (bicyclic) bond motifs is 1. The van der Waals surface area contributed by atoms with Crippen LogP contribution in [0.1, 0.15) is 19.4 Å². The molecular formula is C22H26FN5O2. The van der Waals surface area contributed by atoms with Crippen LogP contribution in [-0.2, 0) is 11.4 Å². The van der Waals surface area contributed by atoms with Crippen LogP contribution in [0, 0.1) is 12.7 Å². The lowest BCUT2D eigenvalue weighted by atomic mass is 9.99. The second kappa shape index (κ2) is 8.54. The Balaban J connectivity index is 2.17. The third kappa shape index (κ3) is 4.13. The Hall–Kier alpha value is -3.39. The van der Waals surface area contributed by atoms with Crippen LogP contribution < -0.4 is 16.3 Å². The lowest BCUT2D eigenvalue weighted by Crippen LogP contribution is -2.25. The number of benzene rings is 1. The van der Waals surface area contributed by atoms with E-state index in [0.29, 0.717) is 34.8 Å². The van der Waals surface area contributed by atoms with Crippen molar-refractivity contribution in [2.24, 2.45) is 0 Å². The fraction of sp³-hybridized carbons (Fsp3) is 0.273. The number of halogens is 1. The van der Waals surface area contributed by atoms with Crippen LogP contribution >= 0.6 is 0 Å². The molecule has 0 amide bonds. The topological polar surface area (TPSA) is 71.4 Å². The summed E-state index contributed by atoms with van der Waals surface area (Å²) in [5.41, 5.74) is 5.42. The second-order valence-corrected chi connectivity index (χ2v) is 7.04.